The van der Waals surface area contributed by atoms with Crippen LogP contribution in [-0.2, 0) is 4.79 Å². The summed E-state index contributed by atoms with van der Waals surface area (Å²) >= 11 is 0. The van der Waals surface area contributed by atoms with Crippen LogP contribution in [0.5, 0.6) is 5.75 Å². The molecule has 0 radical (unpaired) electrons. The second kappa shape index (κ2) is 4.37. The Morgan fingerprint density at radius 1 is 1.29 bits per heavy atom. The number of rotatable bonds is 2. The third-order valence-corrected chi connectivity index (χ3v) is 2.35. The zero-order chi connectivity index (χ0) is 12.4. The standard InChI is InChI=1S/C12H9F2NO2/c13-6-11(16)15-8-2-3-9-7(5-8)1-4-10(14)12(9)17/h1-5,17H,6H2,(H,15,16). The topological polar surface area (TPSA) is 49.3 Å². The molecule has 2 rings (SSSR count). The van der Waals surface area contributed by atoms with Crippen LogP contribution in [0.25, 0.3) is 10.8 Å². The van der Waals surface area contributed by atoms with Crippen molar-refractivity contribution < 1.29 is 18.7 Å². The number of aromatic hydroxyl groups is 1. The highest BCUT2D eigenvalue weighted by Crippen LogP contribution is 2.29. The number of alkyl halides is 1. The van der Waals surface area contributed by atoms with Gasteiger partial charge in [0.2, 0.25) is 0 Å². The number of anilines is 1. The molecule has 0 aliphatic carbocycles. The lowest BCUT2D eigenvalue weighted by atomic mass is 10.1. The van der Waals surface area contributed by atoms with Crippen LogP contribution in [-0.4, -0.2) is 17.7 Å². The monoisotopic (exact) mass is 237 g/mol. The van der Waals surface area contributed by atoms with Crippen LogP contribution in [0.4, 0.5) is 14.5 Å². The molecule has 5 heteroatoms. The first-order valence-electron chi connectivity index (χ1n) is 4.89. The van der Waals surface area contributed by atoms with Gasteiger partial charge in [-0.3, -0.25) is 4.79 Å². The summed E-state index contributed by atoms with van der Waals surface area (Å²) in [6.45, 7) is -1.10. The minimum Gasteiger partial charge on any atom is -0.504 e. The van der Waals surface area contributed by atoms with Crippen molar-refractivity contribution in [2.45, 2.75) is 0 Å². The van der Waals surface area contributed by atoms with Crippen LogP contribution in [0.1, 0.15) is 0 Å². The quantitative estimate of drug-likeness (QED) is 0.843. The second-order valence-electron chi connectivity index (χ2n) is 3.51. The van der Waals surface area contributed by atoms with Gasteiger partial charge in [-0.15, -0.1) is 0 Å². The van der Waals surface area contributed by atoms with E-state index in [0.29, 0.717) is 16.5 Å². The Hall–Kier alpha value is -2.17. The summed E-state index contributed by atoms with van der Waals surface area (Å²) in [6, 6.07) is 7.05. The van der Waals surface area contributed by atoms with Crippen molar-refractivity contribution in [2.24, 2.45) is 0 Å². The van der Waals surface area contributed by atoms with E-state index in [9.17, 15) is 18.7 Å². The van der Waals surface area contributed by atoms with Gasteiger partial charge >= 0.3 is 0 Å². The average Bonchev–Trinajstić information content (AvgIpc) is 2.34. The van der Waals surface area contributed by atoms with Crippen LogP contribution in [0.2, 0.25) is 0 Å². The van der Waals surface area contributed by atoms with Crippen LogP contribution >= 0.6 is 0 Å². The van der Waals surface area contributed by atoms with Gasteiger partial charge in [0.15, 0.2) is 18.2 Å². The Kier molecular flexibility index (Phi) is 2.91. The maximum absolute atomic E-state index is 13.0. The first kappa shape index (κ1) is 11.3. The number of hydrogen-bond acceptors (Lipinski definition) is 2. The van der Waals surface area contributed by atoms with E-state index in [1.807, 2.05) is 0 Å². The molecule has 2 aromatic carbocycles. The molecule has 3 nitrogen and oxygen atoms in total. The molecule has 0 bridgehead atoms. The number of phenols is 1. The van der Waals surface area contributed by atoms with Crippen LogP contribution in [0.3, 0.4) is 0 Å². The first-order chi connectivity index (χ1) is 8.11. The lowest BCUT2D eigenvalue weighted by Crippen LogP contribution is -2.12. The first-order valence-corrected chi connectivity index (χ1v) is 4.89. The fourth-order valence-corrected chi connectivity index (χ4v) is 1.56. The average molecular weight is 237 g/mol. The van der Waals surface area contributed by atoms with Gasteiger partial charge in [-0.25, -0.2) is 8.78 Å². The number of hydrogen-bond donors (Lipinski definition) is 2. The fourth-order valence-electron chi connectivity index (χ4n) is 1.56. The molecule has 0 aromatic heterocycles. The van der Waals surface area contributed by atoms with E-state index in [0.717, 1.165) is 6.07 Å². The van der Waals surface area contributed by atoms with E-state index >= 15 is 0 Å². The van der Waals surface area contributed by atoms with Gasteiger partial charge in [-0.1, -0.05) is 6.07 Å². The lowest BCUT2D eigenvalue weighted by molar-refractivity contribution is -0.117. The Bertz CT molecular complexity index is 584. The summed E-state index contributed by atoms with van der Waals surface area (Å²) in [7, 11) is 0. The van der Waals surface area contributed by atoms with E-state index in [-0.39, 0.29) is 0 Å². The molecule has 1 amide bonds. The highest BCUT2D eigenvalue weighted by Gasteiger charge is 2.07. The normalized spacial score (nSPS) is 10.5. The van der Waals surface area contributed by atoms with E-state index < -0.39 is 24.1 Å². The predicted octanol–water partition coefficient (Wildman–Crippen LogP) is 2.59. The summed E-state index contributed by atoms with van der Waals surface area (Å²) < 4.78 is 25.0. The van der Waals surface area contributed by atoms with Gasteiger partial charge in [0, 0.05) is 11.1 Å². The van der Waals surface area contributed by atoms with Crippen molar-refractivity contribution in [1.29, 1.82) is 0 Å². The molecular weight excluding hydrogens is 228 g/mol. The Balaban J connectivity index is 2.45. The Morgan fingerprint density at radius 3 is 2.76 bits per heavy atom. The molecule has 0 spiro atoms. The Morgan fingerprint density at radius 2 is 2.06 bits per heavy atom. The number of carbonyl (C=O) groups is 1. The molecular formula is C12H9F2NO2. The number of amides is 1. The highest BCUT2D eigenvalue weighted by atomic mass is 19.1. The number of fused-ring (bicyclic) bond motifs is 1. The van der Waals surface area contributed by atoms with Gasteiger partial charge in [-0.2, -0.15) is 0 Å². The maximum Gasteiger partial charge on any atom is 0.255 e. The van der Waals surface area contributed by atoms with E-state index in [1.165, 1.54) is 24.3 Å². The van der Waals surface area contributed by atoms with Crippen molar-refractivity contribution >= 4 is 22.4 Å². The zero-order valence-electron chi connectivity index (χ0n) is 8.71. The molecule has 0 aliphatic rings. The summed E-state index contributed by atoms with van der Waals surface area (Å²) in [5.41, 5.74) is 0.395. The molecule has 0 fully saturated rings. The van der Waals surface area contributed by atoms with Gasteiger partial charge in [0.1, 0.15) is 0 Å². The minimum absolute atomic E-state index is 0.336. The summed E-state index contributed by atoms with van der Waals surface area (Å²) in [6.07, 6.45) is 0. The highest BCUT2D eigenvalue weighted by molar-refractivity contribution is 5.96. The molecule has 88 valence electrons. The second-order valence-corrected chi connectivity index (χ2v) is 3.51. The molecule has 0 saturated carbocycles. The number of nitrogens with one attached hydrogen (secondary N) is 1. The third kappa shape index (κ3) is 2.18. The maximum atomic E-state index is 13.0. The summed E-state index contributed by atoms with van der Waals surface area (Å²) in [4.78, 5) is 10.8. The van der Waals surface area contributed by atoms with Crippen molar-refractivity contribution in [3.05, 3.63) is 36.1 Å². The van der Waals surface area contributed by atoms with Crippen molar-refractivity contribution in [3.8, 4) is 5.75 Å². The van der Waals surface area contributed by atoms with E-state index in [1.54, 1.807) is 0 Å². The van der Waals surface area contributed by atoms with E-state index in [4.69, 9.17) is 0 Å². The third-order valence-electron chi connectivity index (χ3n) is 2.35. The molecule has 0 heterocycles. The number of halogens is 2. The van der Waals surface area contributed by atoms with E-state index in [2.05, 4.69) is 5.32 Å². The van der Waals surface area contributed by atoms with Gasteiger partial charge in [0.25, 0.3) is 5.91 Å². The van der Waals surface area contributed by atoms with Crippen LogP contribution in [0.15, 0.2) is 30.3 Å². The number of phenolic OH excluding ortho intramolecular Hbond substituents is 1. The fraction of sp³-hybridized carbons (Fsp3) is 0.0833. The molecule has 0 atom stereocenters. The zero-order valence-corrected chi connectivity index (χ0v) is 8.71. The van der Waals surface area contributed by atoms with Gasteiger partial charge < -0.3 is 10.4 Å². The molecule has 17 heavy (non-hydrogen) atoms. The van der Waals surface area contributed by atoms with Crippen LogP contribution < -0.4 is 5.32 Å². The predicted molar refractivity (Wildman–Crippen MR) is 60.2 cm³/mol. The van der Waals surface area contributed by atoms with Crippen molar-refractivity contribution in [3.63, 3.8) is 0 Å². The number of benzene rings is 2. The van der Waals surface area contributed by atoms with Crippen molar-refractivity contribution in [2.75, 3.05) is 12.0 Å². The smallest absolute Gasteiger partial charge is 0.255 e. The summed E-state index contributed by atoms with van der Waals surface area (Å²) in [5, 5.41) is 12.7. The van der Waals surface area contributed by atoms with Gasteiger partial charge in [0.05, 0.1) is 0 Å². The Labute approximate surface area is 95.7 Å². The lowest BCUT2D eigenvalue weighted by Gasteiger charge is -2.06. The molecule has 2 aromatic rings. The molecule has 0 aliphatic heterocycles. The molecule has 0 saturated heterocycles. The van der Waals surface area contributed by atoms with Crippen LogP contribution in [0, 0.1) is 5.82 Å². The minimum atomic E-state index is -1.10. The molecule has 2 N–H and O–H groups in total. The van der Waals surface area contributed by atoms with Crippen molar-refractivity contribution in [1.82, 2.24) is 0 Å². The summed E-state index contributed by atoms with van der Waals surface area (Å²) in [5.74, 6) is -1.90. The molecule has 0 unspecified atom stereocenters. The SMILES string of the molecule is O=C(CF)Nc1ccc2c(O)c(F)ccc2c1. The number of carbonyl (C=O) groups excluding carboxylic acids is 1. The van der Waals surface area contributed by atoms with Gasteiger partial charge in [-0.05, 0) is 29.7 Å². The largest absolute Gasteiger partial charge is 0.504 e.